The summed E-state index contributed by atoms with van der Waals surface area (Å²) in [6.07, 6.45) is 4.43. The van der Waals surface area contributed by atoms with Crippen LogP contribution < -0.4 is 10.1 Å². The van der Waals surface area contributed by atoms with Crippen LogP contribution in [-0.2, 0) is 4.79 Å². The van der Waals surface area contributed by atoms with Gasteiger partial charge in [-0.3, -0.25) is 14.6 Å². The maximum absolute atomic E-state index is 12.4. The highest BCUT2D eigenvalue weighted by atomic mass is 16.5. The van der Waals surface area contributed by atoms with E-state index in [-0.39, 0.29) is 17.9 Å². The van der Waals surface area contributed by atoms with Crippen LogP contribution in [0.1, 0.15) is 48.7 Å². The van der Waals surface area contributed by atoms with Gasteiger partial charge in [-0.1, -0.05) is 18.2 Å². The van der Waals surface area contributed by atoms with Crippen molar-refractivity contribution in [2.75, 3.05) is 20.2 Å². The third-order valence-electron chi connectivity index (χ3n) is 4.43. The summed E-state index contributed by atoms with van der Waals surface area (Å²) in [6, 6.07) is 10.9. The molecule has 0 spiro atoms. The molecular weight excluding hydrogens is 342 g/mol. The Morgan fingerprint density at radius 1 is 1.22 bits per heavy atom. The predicted molar refractivity (Wildman–Crippen MR) is 105 cm³/mol. The maximum atomic E-state index is 12.4. The minimum atomic E-state index is -0.191. The molecule has 0 radical (unpaired) electrons. The molecule has 1 heterocycles. The van der Waals surface area contributed by atoms with Crippen molar-refractivity contribution >= 4 is 11.8 Å². The van der Waals surface area contributed by atoms with Crippen molar-refractivity contribution in [1.82, 2.24) is 15.2 Å². The average molecular weight is 369 g/mol. The number of amides is 2. The fraction of sp³-hybridized carbons (Fsp3) is 0.381. The lowest BCUT2D eigenvalue weighted by Crippen LogP contribution is -2.31. The van der Waals surface area contributed by atoms with Gasteiger partial charge >= 0.3 is 0 Å². The van der Waals surface area contributed by atoms with Gasteiger partial charge in [0.2, 0.25) is 5.91 Å². The first-order valence-electron chi connectivity index (χ1n) is 9.20. The molecule has 0 saturated heterocycles. The first-order chi connectivity index (χ1) is 13.0. The second-order valence-corrected chi connectivity index (χ2v) is 6.26. The quantitative estimate of drug-likeness (QED) is 0.689. The number of ether oxygens (including phenoxy) is 1. The molecule has 6 heteroatoms. The first-order valence-corrected chi connectivity index (χ1v) is 9.20. The summed E-state index contributed by atoms with van der Waals surface area (Å²) >= 11 is 0. The Balaban J connectivity index is 1.79. The molecule has 2 amide bonds. The zero-order valence-corrected chi connectivity index (χ0v) is 16.1. The third-order valence-corrected chi connectivity index (χ3v) is 4.43. The van der Waals surface area contributed by atoms with E-state index in [4.69, 9.17) is 4.74 Å². The zero-order valence-electron chi connectivity index (χ0n) is 16.1. The van der Waals surface area contributed by atoms with Crippen molar-refractivity contribution in [3.8, 4) is 5.75 Å². The zero-order chi connectivity index (χ0) is 19.6. The summed E-state index contributed by atoms with van der Waals surface area (Å²) in [6.45, 7) is 4.78. The van der Waals surface area contributed by atoms with E-state index in [9.17, 15) is 9.59 Å². The largest absolute Gasteiger partial charge is 0.493 e. The molecule has 144 valence electrons. The molecule has 1 aromatic heterocycles. The van der Waals surface area contributed by atoms with Gasteiger partial charge in [0.15, 0.2) is 0 Å². The Bertz CT molecular complexity index is 749. The average Bonchev–Trinajstić information content (AvgIpc) is 2.71. The lowest BCUT2D eigenvalue weighted by Gasteiger charge is -2.25. The van der Waals surface area contributed by atoms with E-state index in [0.717, 1.165) is 5.56 Å². The second kappa shape index (κ2) is 10.3. The predicted octanol–water partition coefficient (Wildman–Crippen LogP) is 3.21. The van der Waals surface area contributed by atoms with Crippen molar-refractivity contribution in [3.05, 3.63) is 59.9 Å². The van der Waals surface area contributed by atoms with Crippen molar-refractivity contribution in [2.24, 2.45) is 0 Å². The summed E-state index contributed by atoms with van der Waals surface area (Å²) in [5, 5.41) is 2.85. The third kappa shape index (κ3) is 5.81. The summed E-state index contributed by atoms with van der Waals surface area (Å²) < 4.78 is 5.48. The van der Waals surface area contributed by atoms with Gasteiger partial charge in [0.05, 0.1) is 18.2 Å². The number of benzene rings is 1. The van der Waals surface area contributed by atoms with Crippen LogP contribution in [-0.4, -0.2) is 41.9 Å². The Hall–Kier alpha value is -2.89. The van der Waals surface area contributed by atoms with E-state index in [1.165, 1.54) is 0 Å². The van der Waals surface area contributed by atoms with Crippen LogP contribution >= 0.6 is 0 Å². The van der Waals surface area contributed by atoms with Crippen molar-refractivity contribution < 1.29 is 14.3 Å². The van der Waals surface area contributed by atoms with Crippen LogP contribution in [0.15, 0.2) is 48.8 Å². The Morgan fingerprint density at radius 3 is 2.70 bits per heavy atom. The lowest BCUT2D eigenvalue weighted by atomic mass is 10.1. The van der Waals surface area contributed by atoms with Gasteiger partial charge < -0.3 is 15.0 Å². The fourth-order valence-electron chi connectivity index (χ4n) is 2.71. The highest BCUT2D eigenvalue weighted by Crippen LogP contribution is 2.19. The van der Waals surface area contributed by atoms with Crippen molar-refractivity contribution in [1.29, 1.82) is 0 Å². The van der Waals surface area contributed by atoms with Crippen LogP contribution in [0, 0.1) is 0 Å². The van der Waals surface area contributed by atoms with E-state index >= 15 is 0 Å². The Labute approximate surface area is 160 Å². The normalized spacial score (nSPS) is 11.5. The van der Waals surface area contributed by atoms with Gasteiger partial charge in [-0.25, -0.2) is 0 Å². The molecular formula is C21H27N3O3. The number of nitrogens with zero attached hydrogens (tertiary/aromatic N) is 2. The molecule has 1 aromatic carbocycles. The molecule has 0 bridgehead atoms. The van der Waals surface area contributed by atoms with Crippen LogP contribution in [0.4, 0.5) is 0 Å². The highest BCUT2D eigenvalue weighted by molar-refractivity contribution is 5.96. The van der Waals surface area contributed by atoms with E-state index in [0.29, 0.717) is 37.3 Å². The molecule has 6 nitrogen and oxygen atoms in total. The lowest BCUT2D eigenvalue weighted by molar-refractivity contribution is -0.131. The van der Waals surface area contributed by atoms with Gasteiger partial charge in [-0.2, -0.15) is 0 Å². The number of hydrogen-bond acceptors (Lipinski definition) is 4. The summed E-state index contributed by atoms with van der Waals surface area (Å²) in [4.78, 5) is 30.5. The number of carbonyl (C=O) groups excluding carboxylic acids is 2. The van der Waals surface area contributed by atoms with E-state index in [2.05, 4.69) is 10.3 Å². The molecule has 0 aliphatic carbocycles. The molecule has 2 rings (SSSR count). The molecule has 0 aliphatic rings. The highest BCUT2D eigenvalue weighted by Gasteiger charge is 2.17. The maximum Gasteiger partial charge on any atom is 0.255 e. The number of hydrogen-bond donors (Lipinski definition) is 1. The van der Waals surface area contributed by atoms with E-state index in [1.54, 1.807) is 42.5 Å². The molecule has 0 fully saturated rings. The van der Waals surface area contributed by atoms with Gasteiger partial charge in [0.1, 0.15) is 5.75 Å². The number of aromatic nitrogens is 1. The molecule has 1 unspecified atom stereocenters. The van der Waals surface area contributed by atoms with E-state index < -0.39 is 0 Å². The minimum Gasteiger partial charge on any atom is -0.493 e. The number of para-hydroxylation sites is 1. The van der Waals surface area contributed by atoms with Crippen molar-refractivity contribution in [2.45, 2.75) is 32.7 Å². The second-order valence-electron chi connectivity index (χ2n) is 6.26. The van der Waals surface area contributed by atoms with Gasteiger partial charge in [0, 0.05) is 32.4 Å². The summed E-state index contributed by atoms with van der Waals surface area (Å²) in [7, 11) is 1.79. The number of carbonyl (C=O) groups is 2. The summed E-state index contributed by atoms with van der Waals surface area (Å²) in [5.74, 6) is 0.414. The molecule has 0 aliphatic heterocycles. The van der Waals surface area contributed by atoms with Crippen LogP contribution in [0.3, 0.4) is 0 Å². The smallest absolute Gasteiger partial charge is 0.255 e. The monoisotopic (exact) mass is 369 g/mol. The fourth-order valence-corrected chi connectivity index (χ4v) is 2.71. The van der Waals surface area contributed by atoms with Crippen molar-refractivity contribution in [3.63, 3.8) is 0 Å². The standard InChI is InChI=1S/C21H27N3O3/c1-4-27-19-11-6-5-10-18(19)21(26)23-14-8-12-20(25)24(3)16(2)17-9-7-13-22-15-17/h5-7,9-11,13,15-16H,4,8,12,14H2,1-3H3,(H,23,26). The first kappa shape index (κ1) is 20.4. The van der Waals surface area contributed by atoms with Crippen LogP contribution in [0.2, 0.25) is 0 Å². The summed E-state index contributed by atoms with van der Waals surface area (Å²) in [5.41, 5.74) is 1.50. The van der Waals surface area contributed by atoms with Gasteiger partial charge in [0.25, 0.3) is 5.91 Å². The van der Waals surface area contributed by atoms with Gasteiger partial charge in [-0.15, -0.1) is 0 Å². The number of rotatable bonds is 9. The van der Waals surface area contributed by atoms with Crippen LogP contribution in [0.25, 0.3) is 0 Å². The number of nitrogens with one attached hydrogen (secondary N) is 1. The molecule has 27 heavy (non-hydrogen) atoms. The van der Waals surface area contributed by atoms with Gasteiger partial charge in [-0.05, 0) is 44.0 Å². The topological polar surface area (TPSA) is 71.5 Å². The molecule has 2 aromatic rings. The minimum absolute atomic E-state index is 0.0373. The molecule has 1 atom stereocenters. The molecule has 1 N–H and O–H groups in total. The Morgan fingerprint density at radius 2 is 2.00 bits per heavy atom. The molecule has 0 saturated carbocycles. The Kier molecular flexibility index (Phi) is 7.79. The van der Waals surface area contributed by atoms with Crippen LogP contribution in [0.5, 0.6) is 5.75 Å². The SMILES string of the molecule is CCOc1ccccc1C(=O)NCCCC(=O)N(C)C(C)c1cccnc1. The number of pyridine rings is 1. The van der Waals surface area contributed by atoms with E-state index in [1.807, 2.05) is 32.0 Å².